The molecule has 4 nitrogen and oxygen atoms in total. The van der Waals surface area contributed by atoms with Crippen LogP contribution in [0.1, 0.15) is 23.2 Å². The fourth-order valence-electron chi connectivity index (χ4n) is 1.14. The molecule has 0 saturated carbocycles. The molecule has 0 unspecified atom stereocenters. The van der Waals surface area contributed by atoms with Crippen molar-refractivity contribution in [3.63, 3.8) is 0 Å². The molecule has 0 atom stereocenters. The average Bonchev–Trinajstić information content (AvgIpc) is 2.14. The number of hydrogen-bond donors (Lipinski definition) is 2. The van der Waals surface area contributed by atoms with Gasteiger partial charge in [0.15, 0.2) is 5.78 Å². The van der Waals surface area contributed by atoms with Crippen LogP contribution in [0, 0.1) is 5.82 Å². The van der Waals surface area contributed by atoms with Crippen LogP contribution < -0.4 is 5.73 Å². The maximum atomic E-state index is 12.6. The zero-order valence-electron chi connectivity index (χ0n) is 7.87. The van der Waals surface area contributed by atoms with Crippen molar-refractivity contribution >= 4 is 17.4 Å². The number of carboxylic acid groups (broad SMARTS) is 1. The number of ketones is 1. The number of halogens is 1. The predicted molar refractivity (Wildman–Crippen MR) is 52.0 cm³/mol. The average molecular weight is 211 g/mol. The first-order chi connectivity index (χ1) is 7.00. The summed E-state index contributed by atoms with van der Waals surface area (Å²) in [6.07, 6.45) is -0.388. The number of aliphatic carboxylic acids is 1. The molecule has 15 heavy (non-hydrogen) atoms. The molecule has 1 aromatic rings. The summed E-state index contributed by atoms with van der Waals surface area (Å²) in [6, 6.07) is 3.41. The highest BCUT2D eigenvalue weighted by Crippen LogP contribution is 2.15. The Bertz CT molecular complexity index is 404. The standard InChI is InChI=1S/C10H10FNO3/c11-6-1-2-7(8(12)5-6)9(13)3-4-10(14)15/h1-2,5H,3-4,12H2,(H,14,15). The summed E-state index contributed by atoms with van der Waals surface area (Å²) in [4.78, 5) is 21.6. The van der Waals surface area contributed by atoms with E-state index >= 15 is 0 Å². The first-order valence-electron chi connectivity index (χ1n) is 4.30. The van der Waals surface area contributed by atoms with Crippen LogP contribution in [-0.4, -0.2) is 16.9 Å². The largest absolute Gasteiger partial charge is 0.481 e. The molecule has 0 spiro atoms. The number of carboxylic acids is 1. The molecule has 0 fully saturated rings. The summed E-state index contributed by atoms with van der Waals surface area (Å²) in [5.74, 6) is -1.97. The van der Waals surface area contributed by atoms with Crippen LogP contribution in [0.15, 0.2) is 18.2 Å². The van der Waals surface area contributed by atoms with Gasteiger partial charge in [0.2, 0.25) is 0 Å². The lowest BCUT2D eigenvalue weighted by Gasteiger charge is -2.03. The van der Waals surface area contributed by atoms with Crippen LogP contribution in [-0.2, 0) is 4.79 Å². The number of carbonyl (C=O) groups is 2. The smallest absolute Gasteiger partial charge is 0.303 e. The monoisotopic (exact) mass is 211 g/mol. The summed E-state index contributed by atoms with van der Waals surface area (Å²) in [5.41, 5.74) is 5.62. The Morgan fingerprint density at radius 3 is 2.53 bits per heavy atom. The quantitative estimate of drug-likeness (QED) is 0.583. The van der Waals surface area contributed by atoms with Crippen molar-refractivity contribution in [1.29, 1.82) is 0 Å². The number of benzene rings is 1. The topological polar surface area (TPSA) is 80.4 Å². The second-order valence-electron chi connectivity index (χ2n) is 3.05. The Labute approximate surface area is 85.5 Å². The summed E-state index contributed by atoms with van der Waals surface area (Å²) >= 11 is 0. The van der Waals surface area contributed by atoms with Gasteiger partial charge in [-0.25, -0.2) is 4.39 Å². The summed E-state index contributed by atoms with van der Waals surface area (Å²) < 4.78 is 12.6. The molecule has 0 aromatic heterocycles. The number of anilines is 1. The first-order valence-corrected chi connectivity index (χ1v) is 4.30. The minimum absolute atomic E-state index is 0.0328. The SMILES string of the molecule is Nc1cc(F)ccc1C(=O)CCC(=O)O. The number of hydrogen-bond acceptors (Lipinski definition) is 3. The Hall–Kier alpha value is -1.91. The number of nitrogen functional groups attached to an aromatic ring is 1. The van der Waals surface area contributed by atoms with Gasteiger partial charge in [0.05, 0.1) is 6.42 Å². The van der Waals surface area contributed by atoms with Crippen LogP contribution in [0.5, 0.6) is 0 Å². The highest BCUT2D eigenvalue weighted by atomic mass is 19.1. The molecule has 0 amide bonds. The molecule has 0 aliphatic heterocycles. The molecule has 0 bridgehead atoms. The third-order valence-corrected chi connectivity index (χ3v) is 1.88. The number of rotatable bonds is 4. The minimum Gasteiger partial charge on any atom is -0.481 e. The van der Waals surface area contributed by atoms with E-state index in [1.807, 2.05) is 0 Å². The Balaban J connectivity index is 2.78. The van der Waals surface area contributed by atoms with Gasteiger partial charge in [-0.2, -0.15) is 0 Å². The molecule has 0 aliphatic rings. The highest BCUT2D eigenvalue weighted by Gasteiger charge is 2.11. The molecule has 5 heteroatoms. The molecule has 0 aliphatic carbocycles. The Morgan fingerprint density at radius 1 is 1.33 bits per heavy atom. The molecule has 1 rings (SSSR count). The van der Waals surface area contributed by atoms with Gasteiger partial charge in [-0.1, -0.05) is 0 Å². The third-order valence-electron chi connectivity index (χ3n) is 1.88. The van der Waals surface area contributed by atoms with Crippen molar-refractivity contribution < 1.29 is 19.1 Å². The van der Waals surface area contributed by atoms with E-state index < -0.39 is 17.6 Å². The predicted octanol–water partition coefficient (Wildman–Crippen LogP) is 1.46. The molecule has 0 saturated heterocycles. The van der Waals surface area contributed by atoms with Gasteiger partial charge in [-0.3, -0.25) is 9.59 Å². The van der Waals surface area contributed by atoms with E-state index in [1.165, 1.54) is 6.07 Å². The van der Waals surface area contributed by atoms with E-state index in [9.17, 15) is 14.0 Å². The molecular weight excluding hydrogens is 201 g/mol. The summed E-state index contributed by atoms with van der Waals surface area (Å²) in [7, 11) is 0. The van der Waals surface area contributed by atoms with Crippen molar-refractivity contribution in [3.05, 3.63) is 29.6 Å². The molecule has 1 aromatic carbocycles. The van der Waals surface area contributed by atoms with Crippen LogP contribution in [0.4, 0.5) is 10.1 Å². The summed E-state index contributed by atoms with van der Waals surface area (Å²) in [6.45, 7) is 0. The van der Waals surface area contributed by atoms with Gasteiger partial charge in [0, 0.05) is 17.7 Å². The zero-order chi connectivity index (χ0) is 11.4. The van der Waals surface area contributed by atoms with Gasteiger partial charge in [-0.05, 0) is 18.2 Å². The zero-order valence-corrected chi connectivity index (χ0v) is 7.87. The van der Waals surface area contributed by atoms with E-state index in [0.29, 0.717) is 0 Å². The molecule has 0 radical (unpaired) electrons. The lowest BCUT2D eigenvalue weighted by Crippen LogP contribution is -2.06. The van der Waals surface area contributed by atoms with Crippen LogP contribution >= 0.6 is 0 Å². The van der Waals surface area contributed by atoms with E-state index in [1.54, 1.807) is 0 Å². The van der Waals surface area contributed by atoms with Crippen LogP contribution in [0.25, 0.3) is 0 Å². The van der Waals surface area contributed by atoms with Gasteiger partial charge < -0.3 is 10.8 Å². The summed E-state index contributed by atoms with van der Waals surface area (Å²) in [5, 5.41) is 8.38. The molecule has 80 valence electrons. The number of carbonyl (C=O) groups excluding carboxylic acids is 1. The second-order valence-corrected chi connectivity index (χ2v) is 3.05. The normalized spacial score (nSPS) is 9.93. The number of Topliss-reactive ketones (excluding diaryl/α,β-unsaturated/α-hetero) is 1. The van der Waals surface area contributed by atoms with E-state index in [2.05, 4.69) is 0 Å². The number of nitrogens with two attached hydrogens (primary N) is 1. The highest BCUT2D eigenvalue weighted by molar-refractivity contribution is 6.01. The molecular formula is C10H10FNO3. The third kappa shape index (κ3) is 3.05. The maximum Gasteiger partial charge on any atom is 0.303 e. The Kier molecular flexibility index (Phi) is 3.38. The van der Waals surface area contributed by atoms with Crippen molar-refractivity contribution in [2.45, 2.75) is 12.8 Å². The van der Waals surface area contributed by atoms with Gasteiger partial charge in [0.1, 0.15) is 5.82 Å². The van der Waals surface area contributed by atoms with E-state index in [0.717, 1.165) is 12.1 Å². The van der Waals surface area contributed by atoms with Crippen molar-refractivity contribution in [2.24, 2.45) is 0 Å². The Morgan fingerprint density at radius 2 is 2.00 bits per heavy atom. The van der Waals surface area contributed by atoms with Crippen molar-refractivity contribution in [2.75, 3.05) is 5.73 Å². The first kappa shape index (κ1) is 11.2. The molecule has 0 heterocycles. The van der Waals surface area contributed by atoms with Crippen molar-refractivity contribution in [3.8, 4) is 0 Å². The van der Waals surface area contributed by atoms with E-state index in [-0.39, 0.29) is 24.1 Å². The van der Waals surface area contributed by atoms with Gasteiger partial charge in [0.25, 0.3) is 0 Å². The lowest BCUT2D eigenvalue weighted by atomic mass is 10.0. The van der Waals surface area contributed by atoms with Crippen LogP contribution in [0.2, 0.25) is 0 Å². The maximum absolute atomic E-state index is 12.6. The minimum atomic E-state index is -1.05. The van der Waals surface area contributed by atoms with Gasteiger partial charge in [-0.15, -0.1) is 0 Å². The fraction of sp³-hybridized carbons (Fsp3) is 0.200. The molecule has 3 N–H and O–H groups in total. The van der Waals surface area contributed by atoms with Crippen molar-refractivity contribution in [1.82, 2.24) is 0 Å². The van der Waals surface area contributed by atoms with Crippen LogP contribution in [0.3, 0.4) is 0 Å². The second kappa shape index (κ2) is 4.54. The lowest BCUT2D eigenvalue weighted by molar-refractivity contribution is -0.136. The van der Waals surface area contributed by atoms with E-state index in [4.69, 9.17) is 10.8 Å². The van der Waals surface area contributed by atoms with Gasteiger partial charge >= 0.3 is 5.97 Å². The fourth-order valence-corrected chi connectivity index (χ4v) is 1.14.